The van der Waals surface area contributed by atoms with Crippen molar-refractivity contribution < 1.29 is 18.7 Å². The fourth-order valence-corrected chi connectivity index (χ4v) is 4.44. The van der Waals surface area contributed by atoms with Gasteiger partial charge in [-0.25, -0.2) is 9.18 Å². The van der Waals surface area contributed by atoms with Crippen LogP contribution in [0, 0.1) is 11.7 Å². The van der Waals surface area contributed by atoms with E-state index in [4.69, 9.17) is 9.47 Å². The van der Waals surface area contributed by atoms with Gasteiger partial charge in [-0.1, -0.05) is 12.8 Å². The highest BCUT2D eigenvalue weighted by atomic mass is 19.1. The van der Waals surface area contributed by atoms with Crippen molar-refractivity contribution in [2.24, 2.45) is 5.92 Å². The van der Waals surface area contributed by atoms with Gasteiger partial charge in [0.1, 0.15) is 17.7 Å². The molecule has 2 fully saturated rings. The molecule has 1 unspecified atom stereocenters. The first-order valence-corrected chi connectivity index (χ1v) is 10.2. The molecule has 1 N–H and O–H groups in total. The lowest BCUT2D eigenvalue weighted by Crippen LogP contribution is -2.54. The Bertz CT molecular complexity index is 596. The molecule has 1 heterocycles. The minimum absolute atomic E-state index is 0.0357. The minimum Gasteiger partial charge on any atom is -0.494 e. The lowest BCUT2D eigenvalue weighted by Gasteiger charge is -2.47. The van der Waals surface area contributed by atoms with Crippen LogP contribution in [0.2, 0.25) is 0 Å². The second kappa shape index (κ2) is 9.93. The molecule has 6 heteroatoms. The van der Waals surface area contributed by atoms with Gasteiger partial charge in [0.15, 0.2) is 0 Å². The number of nitrogens with zero attached hydrogens (tertiary/aromatic N) is 1. The van der Waals surface area contributed by atoms with Gasteiger partial charge in [0.2, 0.25) is 0 Å². The summed E-state index contributed by atoms with van der Waals surface area (Å²) in [5.41, 5.74) is 0. The van der Waals surface area contributed by atoms with Crippen LogP contribution < -0.4 is 10.1 Å². The maximum Gasteiger partial charge on any atom is 0.407 e. The number of hydrogen-bond donors (Lipinski definition) is 1. The number of ether oxygens (including phenoxy) is 2. The number of piperidine rings is 1. The van der Waals surface area contributed by atoms with Crippen molar-refractivity contribution in [3.8, 4) is 5.75 Å². The number of carbonyl (C=O) groups is 1. The number of carbonyl (C=O) groups excluding carboxylic acids is 1. The molecule has 1 aliphatic carbocycles. The van der Waals surface area contributed by atoms with Crippen molar-refractivity contribution in [2.75, 3.05) is 26.2 Å². The monoisotopic (exact) mass is 378 g/mol. The average Bonchev–Trinajstić information content (AvgIpc) is 2.68. The van der Waals surface area contributed by atoms with Gasteiger partial charge >= 0.3 is 6.09 Å². The van der Waals surface area contributed by atoms with Gasteiger partial charge in [0.05, 0.1) is 6.61 Å². The Hall–Kier alpha value is -1.82. The van der Waals surface area contributed by atoms with E-state index < -0.39 is 0 Å². The smallest absolute Gasteiger partial charge is 0.407 e. The molecule has 27 heavy (non-hydrogen) atoms. The number of likely N-dealkylation sites (tertiary alicyclic amines) is 1. The molecule has 0 aromatic heterocycles. The van der Waals surface area contributed by atoms with E-state index in [1.807, 2.05) is 6.92 Å². The molecular formula is C21H31FN2O3. The summed E-state index contributed by atoms with van der Waals surface area (Å²) < 4.78 is 24.4. The maximum atomic E-state index is 12.9. The largest absolute Gasteiger partial charge is 0.494 e. The van der Waals surface area contributed by atoms with Crippen molar-refractivity contribution in [3.63, 3.8) is 0 Å². The van der Waals surface area contributed by atoms with E-state index in [0.29, 0.717) is 30.9 Å². The lowest BCUT2D eigenvalue weighted by molar-refractivity contribution is -0.0443. The fourth-order valence-electron chi connectivity index (χ4n) is 4.44. The van der Waals surface area contributed by atoms with Crippen LogP contribution in [-0.2, 0) is 4.74 Å². The summed E-state index contributed by atoms with van der Waals surface area (Å²) in [6.45, 7) is 5.07. The minimum atomic E-state index is -0.284. The Morgan fingerprint density at radius 2 is 2.00 bits per heavy atom. The molecule has 0 bridgehead atoms. The predicted molar refractivity (Wildman–Crippen MR) is 102 cm³/mol. The van der Waals surface area contributed by atoms with Crippen molar-refractivity contribution in [1.82, 2.24) is 10.2 Å². The van der Waals surface area contributed by atoms with Crippen molar-refractivity contribution in [3.05, 3.63) is 30.1 Å². The molecule has 2 aliphatic rings. The number of rotatable bonds is 7. The quantitative estimate of drug-likeness (QED) is 0.730. The zero-order valence-electron chi connectivity index (χ0n) is 16.2. The summed E-state index contributed by atoms with van der Waals surface area (Å²) in [6, 6.07) is 6.66. The molecule has 5 nitrogen and oxygen atoms in total. The highest BCUT2D eigenvalue weighted by Crippen LogP contribution is 2.37. The summed E-state index contributed by atoms with van der Waals surface area (Å²) in [7, 11) is 0. The van der Waals surface area contributed by atoms with E-state index in [1.165, 1.54) is 31.4 Å². The Labute approximate surface area is 161 Å². The van der Waals surface area contributed by atoms with Crippen molar-refractivity contribution in [2.45, 2.75) is 57.6 Å². The number of benzene rings is 1. The number of nitrogens with one attached hydrogen (secondary N) is 1. The topological polar surface area (TPSA) is 50.8 Å². The Morgan fingerprint density at radius 3 is 2.78 bits per heavy atom. The SMILES string of the molecule is CCNC(=O)O[C@H]1CCN(CCCOc2ccc(F)cc2)C2CCCC[C@H]21. The zero-order chi connectivity index (χ0) is 19.1. The summed E-state index contributed by atoms with van der Waals surface area (Å²) in [4.78, 5) is 14.4. The molecule has 1 saturated carbocycles. The molecule has 1 aliphatic heterocycles. The molecule has 0 radical (unpaired) electrons. The molecule has 1 aromatic carbocycles. The summed E-state index contributed by atoms with van der Waals surface area (Å²) >= 11 is 0. The van der Waals surface area contributed by atoms with Crippen molar-refractivity contribution >= 4 is 6.09 Å². The van der Waals surface area contributed by atoms with Gasteiger partial charge in [-0.2, -0.15) is 0 Å². The fraction of sp³-hybridized carbons (Fsp3) is 0.667. The molecule has 1 amide bonds. The Balaban J connectivity index is 1.47. The van der Waals surface area contributed by atoms with Gasteiger partial charge in [0.25, 0.3) is 0 Å². The number of hydrogen-bond acceptors (Lipinski definition) is 4. The van der Waals surface area contributed by atoms with Crippen molar-refractivity contribution in [1.29, 1.82) is 0 Å². The standard InChI is InChI=1S/C21H31FN2O3/c1-2-23-21(25)27-20-12-14-24(19-7-4-3-6-18(19)20)13-5-15-26-17-10-8-16(22)9-11-17/h8-11,18-20H,2-7,12-15H2,1H3,(H,23,25)/t18-,19?,20+/m1/s1. The Morgan fingerprint density at radius 1 is 1.22 bits per heavy atom. The predicted octanol–water partition coefficient (Wildman–Crippen LogP) is 3.97. The summed E-state index contributed by atoms with van der Waals surface area (Å²) in [6.07, 6.45) is 6.37. The van der Waals surface area contributed by atoms with Crippen LogP contribution >= 0.6 is 0 Å². The van der Waals surface area contributed by atoms with E-state index in [1.54, 1.807) is 12.1 Å². The second-order valence-corrected chi connectivity index (χ2v) is 7.47. The molecule has 150 valence electrons. The average molecular weight is 378 g/mol. The third-order valence-corrected chi connectivity index (χ3v) is 5.68. The van der Waals surface area contributed by atoms with Gasteiger partial charge < -0.3 is 14.8 Å². The van der Waals surface area contributed by atoms with Crippen LogP contribution in [0.5, 0.6) is 5.75 Å². The molecule has 3 rings (SSSR count). The van der Waals surface area contributed by atoms with Crippen LogP contribution in [0.15, 0.2) is 24.3 Å². The molecular weight excluding hydrogens is 347 g/mol. The molecule has 1 aromatic rings. The van der Waals surface area contributed by atoms with Crippen LogP contribution in [0.3, 0.4) is 0 Å². The first kappa shape index (κ1) is 19.9. The molecule has 3 atom stereocenters. The summed E-state index contributed by atoms with van der Waals surface area (Å²) in [5.74, 6) is 0.900. The maximum absolute atomic E-state index is 12.9. The molecule has 1 saturated heterocycles. The van der Waals surface area contributed by atoms with E-state index in [2.05, 4.69) is 10.2 Å². The van der Waals surface area contributed by atoms with E-state index in [9.17, 15) is 9.18 Å². The second-order valence-electron chi connectivity index (χ2n) is 7.47. The van der Waals surface area contributed by atoms with Crippen LogP contribution in [-0.4, -0.2) is 49.4 Å². The van der Waals surface area contributed by atoms with E-state index >= 15 is 0 Å². The number of fused-ring (bicyclic) bond motifs is 1. The first-order valence-electron chi connectivity index (χ1n) is 10.2. The third-order valence-electron chi connectivity index (χ3n) is 5.68. The number of alkyl carbamates (subject to hydrolysis) is 1. The van der Waals surface area contributed by atoms with Crippen LogP contribution in [0.25, 0.3) is 0 Å². The highest BCUT2D eigenvalue weighted by molar-refractivity contribution is 5.67. The lowest BCUT2D eigenvalue weighted by atomic mass is 9.76. The van der Waals surface area contributed by atoms with E-state index in [-0.39, 0.29) is 18.0 Å². The number of amides is 1. The third kappa shape index (κ3) is 5.58. The summed E-state index contributed by atoms with van der Waals surface area (Å²) in [5, 5.41) is 2.75. The van der Waals surface area contributed by atoms with Gasteiger partial charge in [-0.05, 0) is 56.9 Å². The highest BCUT2D eigenvalue weighted by Gasteiger charge is 2.40. The molecule has 0 spiro atoms. The van der Waals surface area contributed by atoms with Gasteiger partial charge in [-0.3, -0.25) is 4.90 Å². The van der Waals surface area contributed by atoms with Gasteiger partial charge in [0, 0.05) is 31.6 Å². The first-order chi connectivity index (χ1) is 13.2. The van der Waals surface area contributed by atoms with Gasteiger partial charge in [-0.15, -0.1) is 0 Å². The van der Waals surface area contributed by atoms with Crippen LogP contribution in [0.4, 0.5) is 9.18 Å². The van der Waals surface area contributed by atoms with E-state index in [0.717, 1.165) is 32.4 Å². The zero-order valence-corrected chi connectivity index (χ0v) is 16.2. The Kier molecular flexibility index (Phi) is 7.33. The normalized spacial score (nSPS) is 25.5. The number of halogens is 1. The van der Waals surface area contributed by atoms with Crippen LogP contribution in [0.1, 0.15) is 45.4 Å².